The molecule has 2 aromatic rings. The van der Waals surface area contributed by atoms with Crippen LogP contribution in [0.15, 0.2) is 36.4 Å². The number of nitrogens with one attached hydrogen (secondary N) is 1. The predicted molar refractivity (Wildman–Crippen MR) is 88.1 cm³/mol. The van der Waals surface area contributed by atoms with Gasteiger partial charge in [-0.3, -0.25) is 4.79 Å². The minimum absolute atomic E-state index is 0.146. The Morgan fingerprint density at radius 1 is 1.09 bits per heavy atom. The van der Waals surface area contributed by atoms with Gasteiger partial charge in [0.25, 0.3) is 5.91 Å². The number of para-hydroxylation sites is 1. The lowest BCUT2D eigenvalue weighted by Gasteiger charge is -2.15. The van der Waals surface area contributed by atoms with Crippen LogP contribution >= 0.6 is 0 Å². The Labute approximate surface area is 131 Å². The van der Waals surface area contributed by atoms with Gasteiger partial charge in [0.2, 0.25) is 0 Å². The van der Waals surface area contributed by atoms with E-state index in [2.05, 4.69) is 5.32 Å². The van der Waals surface area contributed by atoms with Gasteiger partial charge in [0.05, 0.1) is 14.2 Å². The Morgan fingerprint density at radius 3 is 2.32 bits per heavy atom. The lowest BCUT2D eigenvalue weighted by atomic mass is 10.0. The smallest absolute Gasteiger partial charge is 0.256 e. The van der Waals surface area contributed by atoms with Gasteiger partial charge in [-0.2, -0.15) is 0 Å². The summed E-state index contributed by atoms with van der Waals surface area (Å²) in [4.78, 5) is 12.6. The highest BCUT2D eigenvalue weighted by molar-refractivity contribution is 6.06. The number of benzene rings is 2. The molecular formula is C18H21NO3. The maximum absolute atomic E-state index is 12.6. The summed E-state index contributed by atoms with van der Waals surface area (Å²) in [6.07, 6.45) is 0.733. The summed E-state index contributed by atoms with van der Waals surface area (Å²) >= 11 is 0. The van der Waals surface area contributed by atoms with Crippen molar-refractivity contribution in [1.29, 1.82) is 0 Å². The topological polar surface area (TPSA) is 47.6 Å². The van der Waals surface area contributed by atoms with Gasteiger partial charge >= 0.3 is 0 Å². The normalized spacial score (nSPS) is 10.2. The van der Waals surface area contributed by atoms with Crippen molar-refractivity contribution in [2.24, 2.45) is 0 Å². The van der Waals surface area contributed by atoms with Crippen LogP contribution in [-0.2, 0) is 6.42 Å². The maximum Gasteiger partial charge on any atom is 0.256 e. The van der Waals surface area contributed by atoms with Gasteiger partial charge in [-0.25, -0.2) is 0 Å². The van der Waals surface area contributed by atoms with Crippen LogP contribution in [0.5, 0.6) is 11.5 Å². The van der Waals surface area contributed by atoms with E-state index in [4.69, 9.17) is 9.47 Å². The van der Waals surface area contributed by atoms with Crippen LogP contribution in [0.2, 0.25) is 0 Å². The highest BCUT2D eigenvalue weighted by Gasteiger charge is 2.16. The van der Waals surface area contributed by atoms with E-state index in [9.17, 15) is 4.79 Å². The highest BCUT2D eigenvalue weighted by Crippen LogP contribution is 2.31. The first-order valence-corrected chi connectivity index (χ1v) is 7.22. The first-order valence-electron chi connectivity index (χ1n) is 7.22. The van der Waals surface area contributed by atoms with Crippen LogP contribution < -0.4 is 14.8 Å². The van der Waals surface area contributed by atoms with Crippen molar-refractivity contribution in [3.8, 4) is 11.5 Å². The summed E-state index contributed by atoms with van der Waals surface area (Å²) in [6, 6.07) is 11.3. The van der Waals surface area contributed by atoms with E-state index in [-0.39, 0.29) is 5.91 Å². The van der Waals surface area contributed by atoms with E-state index in [0.29, 0.717) is 17.1 Å². The Hall–Kier alpha value is -2.49. The van der Waals surface area contributed by atoms with E-state index >= 15 is 0 Å². The molecule has 0 atom stereocenters. The fourth-order valence-electron chi connectivity index (χ4n) is 2.33. The average molecular weight is 299 g/mol. The summed E-state index contributed by atoms with van der Waals surface area (Å²) in [5.74, 6) is 1.04. The van der Waals surface area contributed by atoms with E-state index in [0.717, 1.165) is 23.2 Å². The monoisotopic (exact) mass is 299 g/mol. The fourth-order valence-corrected chi connectivity index (χ4v) is 2.33. The van der Waals surface area contributed by atoms with Crippen molar-refractivity contribution in [1.82, 2.24) is 0 Å². The summed E-state index contributed by atoms with van der Waals surface area (Å²) in [5.41, 5.74) is 3.35. The Bertz CT molecular complexity index is 680. The van der Waals surface area contributed by atoms with Gasteiger partial charge in [-0.05, 0) is 42.7 Å². The Kier molecular flexibility index (Phi) is 5.04. The maximum atomic E-state index is 12.6. The van der Waals surface area contributed by atoms with Crippen molar-refractivity contribution < 1.29 is 14.3 Å². The summed E-state index contributed by atoms with van der Waals surface area (Å²) in [7, 11) is 3.15. The fraction of sp³-hybridized carbons (Fsp3) is 0.278. The number of carbonyl (C=O) groups excluding carboxylic acids is 1. The first kappa shape index (κ1) is 15.9. The number of hydrogen-bond acceptors (Lipinski definition) is 3. The van der Waals surface area contributed by atoms with E-state index in [1.807, 2.05) is 44.2 Å². The van der Waals surface area contributed by atoms with Gasteiger partial charge in [-0.15, -0.1) is 0 Å². The van der Waals surface area contributed by atoms with Gasteiger partial charge in [0.1, 0.15) is 0 Å². The Morgan fingerprint density at radius 2 is 1.73 bits per heavy atom. The van der Waals surface area contributed by atoms with Crippen molar-refractivity contribution >= 4 is 11.6 Å². The molecule has 0 aliphatic carbocycles. The van der Waals surface area contributed by atoms with Gasteiger partial charge in [0, 0.05) is 11.3 Å². The molecule has 0 heterocycles. The molecule has 0 unspecified atom stereocenters. The molecule has 22 heavy (non-hydrogen) atoms. The molecule has 2 rings (SSSR count). The number of ether oxygens (including phenoxy) is 2. The van der Waals surface area contributed by atoms with E-state index in [1.165, 1.54) is 0 Å². The minimum atomic E-state index is -0.146. The zero-order chi connectivity index (χ0) is 16.1. The third kappa shape index (κ3) is 3.22. The molecule has 0 fully saturated rings. The van der Waals surface area contributed by atoms with Gasteiger partial charge in [-0.1, -0.05) is 25.1 Å². The van der Waals surface area contributed by atoms with E-state index in [1.54, 1.807) is 20.3 Å². The van der Waals surface area contributed by atoms with Crippen LogP contribution in [0.1, 0.15) is 28.4 Å². The molecule has 4 nitrogen and oxygen atoms in total. The van der Waals surface area contributed by atoms with E-state index < -0.39 is 0 Å². The van der Waals surface area contributed by atoms with Crippen LogP contribution in [0.4, 0.5) is 5.69 Å². The third-order valence-electron chi connectivity index (χ3n) is 3.63. The second kappa shape index (κ2) is 6.98. The molecule has 0 radical (unpaired) electrons. The van der Waals surface area contributed by atoms with Crippen LogP contribution in [0.3, 0.4) is 0 Å². The summed E-state index contributed by atoms with van der Waals surface area (Å²) < 4.78 is 10.6. The molecule has 0 aromatic heterocycles. The second-order valence-electron chi connectivity index (χ2n) is 4.99. The molecular weight excluding hydrogens is 278 g/mol. The number of anilines is 1. The highest BCUT2D eigenvalue weighted by atomic mass is 16.5. The zero-order valence-corrected chi connectivity index (χ0v) is 13.4. The predicted octanol–water partition coefficient (Wildman–Crippen LogP) is 3.83. The van der Waals surface area contributed by atoms with Crippen LogP contribution in [0, 0.1) is 6.92 Å². The minimum Gasteiger partial charge on any atom is -0.493 e. The molecule has 0 aliphatic rings. The molecule has 116 valence electrons. The number of amides is 1. The standard InChI is InChI=1S/C18H21NO3/c1-5-13-10-16(21-3)17(22-4)11-14(13)18(20)19-15-9-7-6-8-12(15)2/h6-11H,5H2,1-4H3,(H,19,20). The van der Waals surface area contributed by atoms with Crippen LogP contribution in [-0.4, -0.2) is 20.1 Å². The van der Waals surface area contributed by atoms with Crippen molar-refractivity contribution in [3.05, 3.63) is 53.1 Å². The molecule has 0 bridgehead atoms. The Balaban J connectivity index is 2.38. The molecule has 0 saturated heterocycles. The molecule has 0 aliphatic heterocycles. The zero-order valence-electron chi connectivity index (χ0n) is 13.4. The van der Waals surface area contributed by atoms with Gasteiger partial charge in [0.15, 0.2) is 11.5 Å². The van der Waals surface area contributed by atoms with Crippen molar-refractivity contribution in [3.63, 3.8) is 0 Å². The third-order valence-corrected chi connectivity index (χ3v) is 3.63. The summed E-state index contributed by atoms with van der Waals surface area (Å²) in [6.45, 7) is 3.97. The number of methoxy groups -OCH3 is 2. The van der Waals surface area contributed by atoms with Crippen molar-refractivity contribution in [2.45, 2.75) is 20.3 Å². The quantitative estimate of drug-likeness (QED) is 0.913. The molecule has 1 amide bonds. The molecule has 2 aromatic carbocycles. The van der Waals surface area contributed by atoms with Gasteiger partial charge < -0.3 is 14.8 Å². The summed E-state index contributed by atoms with van der Waals surface area (Å²) in [5, 5.41) is 2.95. The number of aryl methyl sites for hydroxylation is 2. The SMILES string of the molecule is CCc1cc(OC)c(OC)cc1C(=O)Nc1ccccc1C. The molecule has 0 saturated carbocycles. The second-order valence-corrected chi connectivity index (χ2v) is 4.99. The number of carbonyl (C=O) groups is 1. The largest absolute Gasteiger partial charge is 0.493 e. The molecule has 0 spiro atoms. The van der Waals surface area contributed by atoms with Crippen molar-refractivity contribution in [2.75, 3.05) is 19.5 Å². The van der Waals surface area contributed by atoms with Crippen LogP contribution in [0.25, 0.3) is 0 Å². The molecule has 4 heteroatoms. The number of hydrogen-bond donors (Lipinski definition) is 1. The first-order chi connectivity index (χ1) is 10.6. The lowest BCUT2D eigenvalue weighted by Crippen LogP contribution is -2.15. The average Bonchev–Trinajstić information content (AvgIpc) is 2.55. The number of rotatable bonds is 5. The lowest BCUT2D eigenvalue weighted by molar-refractivity contribution is 0.102. The molecule has 1 N–H and O–H groups in total.